The Kier molecular flexibility index (Phi) is 3.14. The summed E-state index contributed by atoms with van der Waals surface area (Å²) < 4.78 is 0. The van der Waals surface area contributed by atoms with Gasteiger partial charge in [-0.2, -0.15) is 11.8 Å². The van der Waals surface area contributed by atoms with Gasteiger partial charge in [-0.15, -0.1) is 0 Å². The molecule has 0 aromatic carbocycles. The van der Waals surface area contributed by atoms with E-state index in [0.717, 1.165) is 5.41 Å². The first-order valence-corrected chi connectivity index (χ1v) is 6.21. The van der Waals surface area contributed by atoms with E-state index in [2.05, 4.69) is 39.5 Å². The SMILES string of the molecule is CCSCC1(CC(C)(C)C)CC1. The summed E-state index contributed by atoms with van der Waals surface area (Å²) in [4.78, 5) is 0. The molecular weight excluding hydrogens is 164 g/mol. The van der Waals surface area contributed by atoms with Crippen LogP contribution in [0.15, 0.2) is 0 Å². The van der Waals surface area contributed by atoms with Crippen LogP contribution in [0.3, 0.4) is 0 Å². The molecule has 1 aliphatic rings. The lowest BCUT2D eigenvalue weighted by atomic mass is 9.84. The maximum absolute atomic E-state index is 2.36. The molecule has 1 aliphatic carbocycles. The lowest BCUT2D eigenvalue weighted by Crippen LogP contribution is -2.16. The van der Waals surface area contributed by atoms with Crippen molar-refractivity contribution in [1.82, 2.24) is 0 Å². The zero-order valence-electron chi connectivity index (χ0n) is 8.94. The molecule has 0 aromatic heterocycles. The van der Waals surface area contributed by atoms with Crippen molar-refractivity contribution in [2.24, 2.45) is 10.8 Å². The van der Waals surface area contributed by atoms with Gasteiger partial charge in [-0.3, -0.25) is 0 Å². The second-order valence-electron chi connectivity index (χ2n) is 5.37. The Hall–Kier alpha value is 0.350. The third-order valence-electron chi connectivity index (χ3n) is 2.47. The van der Waals surface area contributed by atoms with E-state index >= 15 is 0 Å². The van der Waals surface area contributed by atoms with Gasteiger partial charge in [0.15, 0.2) is 0 Å². The Morgan fingerprint density at radius 2 is 1.83 bits per heavy atom. The molecule has 1 saturated carbocycles. The molecule has 0 atom stereocenters. The van der Waals surface area contributed by atoms with E-state index in [4.69, 9.17) is 0 Å². The van der Waals surface area contributed by atoms with Gasteiger partial charge in [0.25, 0.3) is 0 Å². The molecule has 0 saturated heterocycles. The minimum atomic E-state index is 0.533. The summed E-state index contributed by atoms with van der Waals surface area (Å²) in [5.41, 5.74) is 1.28. The molecule has 0 heterocycles. The summed E-state index contributed by atoms with van der Waals surface area (Å²) >= 11 is 2.12. The standard InChI is InChI=1S/C11H22S/c1-5-12-9-11(6-7-11)8-10(2,3)4/h5-9H2,1-4H3. The molecule has 0 amide bonds. The number of hydrogen-bond acceptors (Lipinski definition) is 1. The van der Waals surface area contributed by atoms with Gasteiger partial charge >= 0.3 is 0 Å². The van der Waals surface area contributed by atoms with Gasteiger partial charge in [0.2, 0.25) is 0 Å². The van der Waals surface area contributed by atoms with Gasteiger partial charge in [-0.1, -0.05) is 27.7 Å². The molecule has 0 aromatic rings. The van der Waals surface area contributed by atoms with Crippen molar-refractivity contribution in [3.63, 3.8) is 0 Å². The fourth-order valence-electron chi connectivity index (χ4n) is 1.99. The first-order valence-electron chi connectivity index (χ1n) is 5.05. The van der Waals surface area contributed by atoms with Crippen molar-refractivity contribution in [3.8, 4) is 0 Å². The average Bonchev–Trinajstić information content (AvgIpc) is 2.62. The van der Waals surface area contributed by atoms with Gasteiger partial charge in [0.05, 0.1) is 0 Å². The third-order valence-corrected chi connectivity index (χ3v) is 3.70. The van der Waals surface area contributed by atoms with Crippen LogP contribution < -0.4 is 0 Å². The van der Waals surface area contributed by atoms with Crippen LogP contribution in [0.1, 0.15) is 47.0 Å². The maximum atomic E-state index is 2.36. The molecule has 0 unspecified atom stereocenters. The predicted molar refractivity (Wildman–Crippen MR) is 58.7 cm³/mol. The fraction of sp³-hybridized carbons (Fsp3) is 1.00. The van der Waals surface area contributed by atoms with Crippen molar-refractivity contribution in [2.75, 3.05) is 11.5 Å². The molecule has 0 radical (unpaired) electrons. The minimum Gasteiger partial charge on any atom is -0.162 e. The maximum Gasteiger partial charge on any atom is -0.00107 e. The Morgan fingerprint density at radius 1 is 1.25 bits per heavy atom. The van der Waals surface area contributed by atoms with Gasteiger partial charge in [-0.25, -0.2) is 0 Å². The van der Waals surface area contributed by atoms with E-state index in [0.29, 0.717) is 5.41 Å². The summed E-state index contributed by atoms with van der Waals surface area (Å²) in [6, 6.07) is 0. The highest BCUT2D eigenvalue weighted by atomic mass is 32.2. The molecule has 72 valence electrons. The van der Waals surface area contributed by atoms with Crippen molar-refractivity contribution >= 4 is 11.8 Å². The largest absolute Gasteiger partial charge is 0.162 e. The summed E-state index contributed by atoms with van der Waals surface area (Å²) in [6.45, 7) is 9.36. The molecule has 1 rings (SSSR count). The highest BCUT2D eigenvalue weighted by Gasteiger charge is 2.44. The molecule has 0 spiro atoms. The van der Waals surface area contributed by atoms with Crippen molar-refractivity contribution in [3.05, 3.63) is 0 Å². The summed E-state index contributed by atoms with van der Waals surface area (Å²) in [5.74, 6) is 2.69. The summed E-state index contributed by atoms with van der Waals surface area (Å²) in [7, 11) is 0. The van der Waals surface area contributed by atoms with E-state index < -0.39 is 0 Å². The van der Waals surface area contributed by atoms with Crippen molar-refractivity contribution in [2.45, 2.75) is 47.0 Å². The highest BCUT2D eigenvalue weighted by molar-refractivity contribution is 7.99. The Bertz CT molecular complexity index is 140. The number of rotatable bonds is 4. The van der Waals surface area contributed by atoms with Crippen LogP contribution >= 0.6 is 11.8 Å². The minimum absolute atomic E-state index is 0.533. The molecule has 12 heavy (non-hydrogen) atoms. The molecule has 1 fully saturated rings. The second-order valence-corrected chi connectivity index (χ2v) is 6.65. The van der Waals surface area contributed by atoms with Crippen LogP contribution in [0.4, 0.5) is 0 Å². The predicted octanol–water partition coefficient (Wildman–Crippen LogP) is 3.96. The van der Waals surface area contributed by atoms with Crippen molar-refractivity contribution < 1.29 is 0 Å². The Morgan fingerprint density at radius 3 is 2.17 bits per heavy atom. The van der Waals surface area contributed by atoms with Crippen LogP contribution in [0.2, 0.25) is 0 Å². The van der Waals surface area contributed by atoms with Crippen LogP contribution in [0.25, 0.3) is 0 Å². The lowest BCUT2D eigenvalue weighted by molar-refractivity contribution is 0.297. The van der Waals surface area contributed by atoms with Crippen LogP contribution in [-0.4, -0.2) is 11.5 Å². The van der Waals surface area contributed by atoms with E-state index in [-0.39, 0.29) is 0 Å². The first-order chi connectivity index (χ1) is 5.47. The van der Waals surface area contributed by atoms with Gasteiger partial charge in [0.1, 0.15) is 0 Å². The monoisotopic (exact) mass is 186 g/mol. The highest BCUT2D eigenvalue weighted by Crippen LogP contribution is 2.54. The van der Waals surface area contributed by atoms with Crippen molar-refractivity contribution in [1.29, 1.82) is 0 Å². The molecule has 1 heteroatoms. The van der Waals surface area contributed by atoms with Gasteiger partial charge in [0, 0.05) is 0 Å². The fourth-order valence-corrected chi connectivity index (χ4v) is 3.02. The number of hydrogen-bond donors (Lipinski definition) is 0. The average molecular weight is 186 g/mol. The topological polar surface area (TPSA) is 0 Å². The molecule has 0 nitrogen and oxygen atoms in total. The summed E-state index contributed by atoms with van der Waals surface area (Å²) in [6.07, 6.45) is 4.39. The van der Waals surface area contributed by atoms with Crippen LogP contribution in [0, 0.1) is 10.8 Å². The van der Waals surface area contributed by atoms with Gasteiger partial charge in [-0.05, 0) is 41.6 Å². The van der Waals surface area contributed by atoms with E-state index in [1.54, 1.807) is 0 Å². The zero-order chi connectivity index (χ0) is 9.24. The van der Waals surface area contributed by atoms with Crippen LogP contribution in [0.5, 0.6) is 0 Å². The van der Waals surface area contributed by atoms with Gasteiger partial charge < -0.3 is 0 Å². The quantitative estimate of drug-likeness (QED) is 0.640. The molecule has 0 bridgehead atoms. The first kappa shape index (κ1) is 10.4. The van der Waals surface area contributed by atoms with E-state index in [9.17, 15) is 0 Å². The molecule has 0 aliphatic heterocycles. The number of thioether (sulfide) groups is 1. The smallest absolute Gasteiger partial charge is 0.00107 e. The second kappa shape index (κ2) is 3.61. The summed E-state index contributed by atoms with van der Waals surface area (Å²) in [5, 5.41) is 0. The third kappa shape index (κ3) is 3.38. The molecular formula is C11H22S. The normalized spacial score (nSPS) is 21.0. The Balaban J connectivity index is 2.30. The lowest BCUT2D eigenvalue weighted by Gasteiger charge is -2.25. The van der Waals surface area contributed by atoms with E-state index in [1.807, 2.05) is 0 Å². The van der Waals surface area contributed by atoms with E-state index in [1.165, 1.54) is 30.8 Å². The zero-order valence-corrected chi connectivity index (χ0v) is 9.76. The van der Waals surface area contributed by atoms with Crippen LogP contribution in [-0.2, 0) is 0 Å². The molecule has 0 N–H and O–H groups in total. The Labute approximate surface area is 81.5 Å².